The van der Waals surface area contributed by atoms with Crippen molar-refractivity contribution in [2.24, 2.45) is 23.7 Å². The standard InChI is InChI=1S/C27H37N3O3/c1-2-33-26(32)30-16-20-5-3-4-6-23(20)27(17-30)7-9-29(10-8-27)25(31)28-24-21-12-18-11-19(14-21)15-22(24)13-18/h3-6,18-19,21-22,24H,2,7-17H2,1H3,(H,28,31). The van der Waals surface area contributed by atoms with Crippen molar-refractivity contribution in [1.82, 2.24) is 15.1 Å². The highest BCUT2D eigenvalue weighted by atomic mass is 16.6. The van der Waals surface area contributed by atoms with Crippen molar-refractivity contribution < 1.29 is 14.3 Å². The molecule has 0 atom stereocenters. The summed E-state index contributed by atoms with van der Waals surface area (Å²) in [7, 11) is 0. The van der Waals surface area contributed by atoms with Crippen LogP contribution in [0.15, 0.2) is 24.3 Å². The third kappa shape index (κ3) is 3.70. The van der Waals surface area contributed by atoms with Gasteiger partial charge in [-0.1, -0.05) is 24.3 Å². The topological polar surface area (TPSA) is 61.9 Å². The summed E-state index contributed by atoms with van der Waals surface area (Å²) in [6.45, 7) is 5.00. The Hall–Kier alpha value is -2.24. The average Bonchev–Trinajstić information content (AvgIpc) is 2.81. The quantitative estimate of drug-likeness (QED) is 0.719. The van der Waals surface area contributed by atoms with Gasteiger partial charge in [0.25, 0.3) is 0 Å². The molecule has 2 aliphatic heterocycles. The van der Waals surface area contributed by atoms with Crippen molar-refractivity contribution in [3.8, 4) is 0 Å². The van der Waals surface area contributed by atoms with Gasteiger partial charge in [0.05, 0.1) is 6.61 Å². The molecule has 6 nitrogen and oxygen atoms in total. The molecule has 178 valence electrons. The van der Waals surface area contributed by atoms with Gasteiger partial charge in [-0.3, -0.25) is 0 Å². The molecule has 4 aliphatic carbocycles. The van der Waals surface area contributed by atoms with Gasteiger partial charge < -0.3 is 19.9 Å². The molecule has 1 aromatic carbocycles. The Balaban J connectivity index is 1.14. The van der Waals surface area contributed by atoms with Crippen LogP contribution in [0.4, 0.5) is 9.59 Å². The Morgan fingerprint density at radius 1 is 1.00 bits per heavy atom. The summed E-state index contributed by atoms with van der Waals surface area (Å²) >= 11 is 0. The van der Waals surface area contributed by atoms with Crippen molar-refractivity contribution in [2.75, 3.05) is 26.2 Å². The van der Waals surface area contributed by atoms with Gasteiger partial charge in [0.2, 0.25) is 0 Å². The number of likely N-dealkylation sites (tertiary alicyclic amines) is 1. The van der Waals surface area contributed by atoms with Crippen molar-refractivity contribution in [2.45, 2.75) is 69.9 Å². The Morgan fingerprint density at radius 3 is 2.33 bits per heavy atom. The summed E-state index contributed by atoms with van der Waals surface area (Å²) in [6.07, 6.45) is 8.26. The molecule has 0 unspecified atom stereocenters. The van der Waals surface area contributed by atoms with E-state index < -0.39 is 0 Å². The Kier molecular flexibility index (Phi) is 5.30. The summed E-state index contributed by atoms with van der Waals surface area (Å²) in [5, 5.41) is 3.49. The normalized spacial score (nSPS) is 33.7. The fourth-order valence-electron chi connectivity index (χ4n) is 8.19. The zero-order chi connectivity index (χ0) is 22.6. The number of carbonyl (C=O) groups excluding carboxylic acids is 2. The third-order valence-corrected chi connectivity index (χ3v) is 9.49. The van der Waals surface area contributed by atoms with Crippen molar-refractivity contribution in [3.63, 3.8) is 0 Å². The summed E-state index contributed by atoms with van der Waals surface area (Å²) in [5.74, 6) is 3.24. The second kappa shape index (κ2) is 8.21. The van der Waals surface area contributed by atoms with Gasteiger partial charge >= 0.3 is 12.1 Å². The van der Waals surface area contributed by atoms with E-state index in [2.05, 4.69) is 29.6 Å². The molecule has 7 rings (SSSR count). The lowest BCUT2D eigenvalue weighted by molar-refractivity contribution is -0.0117. The highest BCUT2D eigenvalue weighted by Gasteiger charge is 2.49. The van der Waals surface area contributed by atoms with Crippen molar-refractivity contribution >= 4 is 12.1 Å². The number of benzene rings is 1. The maximum atomic E-state index is 13.3. The molecule has 0 aromatic heterocycles. The number of carbonyl (C=O) groups is 2. The first-order valence-corrected chi connectivity index (χ1v) is 13.1. The number of ether oxygens (including phenoxy) is 1. The van der Waals surface area contributed by atoms with E-state index in [9.17, 15) is 9.59 Å². The molecule has 1 spiro atoms. The second-order valence-electron chi connectivity index (χ2n) is 11.4. The van der Waals surface area contributed by atoms with E-state index >= 15 is 0 Å². The van der Waals surface area contributed by atoms with E-state index in [1.54, 1.807) is 0 Å². The van der Waals surface area contributed by atoms with Crippen LogP contribution in [-0.4, -0.2) is 54.2 Å². The molecule has 0 radical (unpaired) electrons. The molecule has 1 saturated heterocycles. The first-order valence-electron chi connectivity index (χ1n) is 13.1. The Morgan fingerprint density at radius 2 is 1.67 bits per heavy atom. The fourth-order valence-corrected chi connectivity index (χ4v) is 8.19. The van der Waals surface area contributed by atoms with Gasteiger partial charge in [-0.15, -0.1) is 0 Å². The molecular weight excluding hydrogens is 414 g/mol. The van der Waals surface area contributed by atoms with E-state index in [1.807, 2.05) is 16.7 Å². The number of hydrogen-bond acceptors (Lipinski definition) is 3. The number of hydrogen-bond donors (Lipinski definition) is 1. The summed E-state index contributed by atoms with van der Waals surface area (Å²) in [6, 6.07) is 9.03. The van der Waals surface area contributed by atoms with Crippen molar-refractivity contribution in [1.29, 1.82) is 0 Å². The van der Waals surface area contributed by atoms with E-state index in [-0.39, 0.29) is 17.5 Å². The van der Waals surface area contributed by atoms with Crippen LogP contribution < -0.4 is 5.32 Å². The van der Waals surface area contributed by atoms with Gasteiger partial charge in [-0.05, 0) is 86.7 Å². The predicted molar refractivity (Wildman–Crippen MR) is 126 cm³/mol. The van der Waals surface area contributed by atoms with E-state index in [0.29, 0.717) is 37.6 Å². The number of fused-ring (bicyclic) bond motifs is 2. The van der Waals surface area contributed by atoms with E-state index in [0.717, 1.165) is 37.8 Å². The molecule has 4 saturated carbocycles. The molecule has 4 bridgehead atoms. The van der Waals surface area contributed by atoms with Crippen LogP contribution in [0.2, 0.25) is 0 Å². The number of rotatable bonds is 2. The highest BCUT2D eigenvalue weighted by molar-refractivity contribution is 5.75. The minimum Gasteiger partial charge on any atom is -0.450 e. The maximum Gasteiger partial charge on any atom is 0.410 e. The lowest BCUT2D eigenvalue weighted by atomic mass is 9.54. The van der Waals surface area contributed by atoms with E-state index in [4.69, 9.17) is 4.74 Å². The summed E-state index contributed by atoms with van der Waals surface area (Å²) < 4.78 is 5.33. The summed E-state index contributed by atoms with van der Waals surface area (Å²) in [4.78, 5) is 29.8. The third-order valence-electron chi connectivity index (χ3n) is 9.49. The number of nitrogens with zero attached hydrogens (tertiary/aromatic N) is 2. The van der Waals surface area contributed by atoms with Gasteiger partial charge in [-0.2, -0.15) is 0 Å². The van der Waals surface area contributed by atoms with Gasteiger partial charge in [0.1, 0.15) is 0 Å². The monoisotopic (exact) mass is 451 g/mol. The van der Waals surface area contributed by atoms with Gasteiger partial charge in [-0.25, -0.2) is 9.59 Å². The predicted octanol–water partition coefficient (Wildman–Crippen LogP) is 4.53. The minimum atomic E-state index is -0.228. The zero-order valence-corrected chi connectivity index (χ0v) is 19.8. The fraction of sp³-hybridized carbons (Fsp3) is 0.704. The van der Waals surface area contributed by atoms with Crippen LogP contribution in [0.1, 0.15) is 63.0 Å². The molecule has 33 heavy (non-hydrogen) atoms. The second-order valence-corrected chi connectivity index (χ2v) is 11.4. The first-order chi connectivity index (χ1) is 16.0. The molecular formula is C27H37N3O3. The van der Waals surface area contributed by atoms with Gasteiger partial charge in [0, 0.05) is 37.6 Å². The summed E-state index contributed by atoms with van der Waals surface area (Å²) in [5.41, 5.74) is 2.47. The lowest BCUT2D eigenvalue weighted by Gasteiger charge is -2.55. The Bertz CT molecular complexity index is 895. The lowest BCUT2D eigenvalue weighted by Crippen LogP contribution is -2.60. The van der Waals surface area contributed by atoms with Crippen molar-refractivity contribution in [3.05, 3.63) is 35.4 Å². The molecule has 6 aliphatic rings. The largest absolute Gasteiger partial charge is 0.450 e. The molecule has 5 fully saturated rings. The highest BCUT2D eigenvalue weighted by Crippen LogP contribution is 2.53. The average molecular weight is 452 g/mol. The van der Waals surface area contributed by atoms with Crippen LogP contribution in [-0.2, 0) is 16.7 Å². The molecule has 6 heteroatoms. The number of urea groups is 1. The number of nitrogens with one attached hydrogen (secondary N) is 1. The SMILES string of the molecule is CCOC(=O)N1Cc2ccccc2C2(CCN(C(=O)NC3C4CC5CC(C4)CC3C5)CC2)C1. The minimum absolute atomic E-state index is 0.0962. The first kappa shape index (κ1) is 21.3. The van der Waals surface area contributed by atoms with Crippen LogP contribution >= 0.6 is 0 Å². The zero-order valence-electron chi connectivity index (χ0n) is 19.8. The molecule has 1 aromatic rings. The smallest absolute Gasteiger partial charge is 0.410 e. The number of piperidine rings is 1. The van der Waals surface area contributed by atoms with Crippen LogP contribution in [0.5, 0.6) is 0 Å². The molecule has 2 heterocycles. The van der Waals surface area contributed by atoms with Crippen LogP contribution in [0.25, 0.3) is 0 Å². The Labute approximate surface area is 197 Å². The van der Waals surface area contributed by atoms with Crippen LogP contribution in [0, 0.1) is 23.7 Å². The molecule has 1 N–H and O–H groups in total. The maximum absolute atomic E-state index is 13.3. The van der Waals surface area contributed by atoms with E-state index in [1.165, 1.54) is 43.2 Å². The molecule has 3 amide bonds. The van der Waals surface area contributed by atoms with Gasteiger partial charge in [0.15, 0.2) is 0 Å². The van der Waals surface area contributed by atoms with Crippen LogP contribution in [0.3, 0.4) is 0 Å². The number of amides is 3.